The highest BCUT2D eigenvalue weighted by atomic mass is 15.1. The largest absolute Gasteiger partial charge is 0.316 e. The fraction of sp³-hybridized carbons (Fsp3) is 1.00. The molecule has 1 aliphatic rings. The number of likely N-dealkylation sites (tertiary alicyclic amines) is 1. The number of rotatable bonds is 11. The zero-order valence-electron chi connectivity index (χ0n) is 14.3. The standard InChI is InChI=1S/C18H38N2/c1-4-5-6-7-8-9-10-11-14-19-17-18(2)12-15-20(3)16-13-18/h19H,4-17H2,1-3H3. The van der Waals surface area contributed by atoms with Crippen molar-refractivity contribution in [1.82, 2.24) is 10.2 Å². The predicted octanol–water partition coefficient (Wildman–Crippen LogP) is 4.45. The minimum atomic E-state index is 0.548. The van der Waals surface area contributed by atoms with Crippen LogP contribution in [0.25, 0.3) is 0 Å². The summed E-state index contributed by atoms with van der Waals surface area (Å²) in [4.78, 5) is 2.46. The summed E-state index contributed by atoms with van der Waals surface area (Å²) < 4.78 is 0. The second kappa shape index (κ2) is 10.6. The smallest absolute Gasteiger partial charge is 0.000612 e. The Morgan fingerprint density at radius 1 is 0.900 bits per heavy atom. The lowest BCUT2D eigenvalue weighted by Crippen LogP contribution is -2.42. The molecule has 2 heteroatoms. The Bertz CT molecular complexity index is 219. The number of unbranched alkanes of at least 4 members (excludes halogenated alkanes) is 7. The maximum atomic E-state index is 3.70. The number of hydrogen-bond donors (Lipinski definition) is 1. The summed E-state index contributed by atoms with van der Waals surface area (Å²) in [6, 6.07) is 0. The number of piperidine rings is 1. The van der Waals surface area contributed by atoms with Crippen molar-refractivity contribution >= 4 is 0 Å². The van der Waals surface area contributed by atoms with E-state index in [1.807, 2.05) is 0 Å². The van der Waals surface area contributed by atoms with E-state index in [4.69, 9.17) is 0 Å². The van der Waals surface area contributed by atoms with Gasteiger partial charge < -0.3 is 10.2 Å². The number of nitrogens with one attached hydrogen (secondary N) is 1. The molecule has 1 fully saturated rings. The van der Waals surface area contributed by atoms with Gasteiger partial charge in [0.1, 0.15) is 0 Å². The van der Waals surface area contributed by atoms with Crippen LogP contribution in [0.5, 0.6) is 0 Å². The molecule has 0 spiro atoms. The van der Waals surface area contributed by atoms with E-state index in [9.17, 15) is 0 Å². The van der Waals surface area contributed by atoms with Crippen LogP contribution in [-0.4, -0.2) is 38.1 Å². The van der Waals surface area contributed by atoms with Crippen molar-refractivity contribution in [3.05, 3.63) is 0 Å². The molecular weight excluding hydrogens is 244 g/mol. The third-order valence-corrected chi connectivity index (χ3v) is 4.95. The summed E-state index contributed by atoms with van der Waals surface area (Å²) >= 11 is 0. The first-order chi connectivity index (χ1) is 9.66. The third kappa shape index (κ3) is 8.26. The molecule has 0 bridgehead atoms. The van der Waals surface area contributed by atoms with E-state index >= 15 is 0 Å². The van der Waals surface area contributed by atoms with Crippen molar-refractivity contribution in [3.8, 4) is 0 Å². The first kappa shape index (κ1) is 18.0. The minimum Gasteiger partial charge on any atom is -0.316 e. The average Bonchev–Trinajstić information content (AvgIpc) is 2.45. The van der Waals surface area contributed by atoms with Crippen molar-refractivity contribution in [3.63, 3.8) is 0 Å². The van der Waals surface area contributed by atoms with Gasteiger partial charge in [-0.3, -0.25) is 0 Å². The lowest BCUT2D eigenvalue weighted by atomic mass is 9.80. The summed E-state index contributed by atoms with van der Waals surface area (Å²) in [6.07, 6.45) is 14.1. The fourth-order valence-electron chi connectivity index (χ4n) is 3.11. The fourth-order valence-corrected chi connectivity index (χ4v) is 3.11. The lowest BCUT2D eigenvalue weighted by Gasteiger charge is -2.38. The average molecular weight is 283 g/mol. The van der Waals surface area contributed by atoms with Crippen LogP contribution in [0, 0.1) is 5.41 Å². The topological polar surface area (TPSA) is 15.3 Å². The maximum Gasteiger partial charge on any atom is 0.000612 e. The van der Waals surface area contributed by atoms with Crippen LogP contribution in [0.4, 0.5) is 0 Å². The Hall–Kier alpha value is -0.0800. The highest BCUT2D eigenvalue weighted by Gasteiger charge is 2.27. The van der Waals surface area contributed by atoms with E-state index < -0.39 is 0 Å². The number of nitrogens with zero attached hydrogens (tertiary/aromatic N) is 1. The van der Waals surface area contributed by atoms with Gasteiger partial charge in [0, 0.05) is 6.54 Å². The van der Waals surface area contributed by atoms with Crippen LogP contribution in [0.3, 0.4) is 0 Å². The molecule has 1 N–H and O–H groups in total. The van der Waals surface area contributed by atoms with Gasteiger partial charge in [0.05, 0.1) is 0 Å². The molecule has 0 aromatic rings. The molecule has 0 aliphatic carbocycles. The van der Waals surface area contributed by atoms with Crippen LogP contribution >= 0.6 is 0 Å². The number of hydrogen-bond acceptors (Lipinski definition) is 2. The second-order valence-corrected chi connectivity index (χ2v) is 7.27. The van der Waals surface area contributed by atoms with Gasteiger partial charge in [0.15, 0.2) is 0 Å². The first-order valence-corrected chi connectivity index (χ1v) is 9.05. The van der Waals surface area contributed by atoms with Crippen molar-refractivity contribution in [2.45, 2.75) is 78.1 Å². The Balaban J connectivity index is 1.87. The summed E-state index contributed by atoms with van der Waals surface area (Å²) in [5.41, 5.74) is 0.548. The highest BCUT2D eigenvalue weighted by Crippen LogP contribution is 2.29. The first-order valence-electron chi connectivity index (χ1n) is 9.05. The monoisotopic (exact) mass is 282 g/mol. The van der Waals surface area contributed by atoms with Gasteiger partial charge >= 0.3 is 0 Å². The molecule has 20 heavy (non-hydrogen) atoms. The zero-order valence-corrected chi connectivity index (χ0v) is 14.3. The normalized spacial score (nSPS) is 19.4. The molecule has 1 heterocycles. The summed E-state index contributed by atoms with van der Waals surface area (Å²) in [7, 11) is 2.24. The van der Waals surface area contributed by atoms with Crippen molar-refractivity contribution in [1.29, 1.82) is 0 Å². The zero-order chi connectivity index (χ0) is 14.7. The molecular formula is C18H38N2. The molecule has 120 valence electrons. The second-order valence-electron chi connectivity index (χ2n) is 7.27. The van der Waals surface area contributed by atoms with Gasteiger partial charge in [-0.1, -0.05) is 58.8 Å². The lowest BCUT2D eigenvalue weighted by molar-refractivity contribution is 0.137. The Morgan fingerprint density at radius 2 is 1.45 bits per heavy atom. The van der Waals surface area contributed by atoms with Gasteiger partial charge in [0.2, 0.25) is 0 Å². The molecule has 1 rings (SSSR count). The Labute approximate surface area is 127 Å². The minimum absolute atomic E-state index is 0.548. The van der Waals surface area contributed by atoms with E-state index in [0.717, 1.165) is 0 Å². The van der Waals surface area contributed by atoms with Crippen molar-refractivity contribution in [2.24, 2.45) is 5.41 Å². The van der Waals surface area contributed by atoms with E-state index in [-0.39, 0.29) is 0 Å². The van der Waals surface area contributed by atoms with Crippen LogP contribution < -0.4 is 5.32 Å². The maximum absolute atomic E-state index is 3.70. The molecule has 0 saturated carbocycles. The van der Waals surface area contributed by atoms with Crippen LogP contribution in [0.2, 0.25) is 0 Å². The van der Waals surface area contributed by atoms with Gasteiger partial charge in [-0.25, -0.2) is 0 Å². The third-order valence-electron chi connectivity index (χ3n) is 4.95. The summed E-state index contributed by atoms with van der Waals surface area (Å²) in [5, 5.41) is 3.70. The SMILES string of the molecule is CCCCCCCCCCNCC1(C)CCN(C)CC1. The van der Waals surface area contributed by atoms with E-state index in [1.54, 1.807) is 0 Å². The summed E-state index contributed by atoms with van der Waals surface area (Å²) in [5.74, 6) is 0. The molecule has 0 aromatic heterocycles. The van der Waals surface area contributed by atoms with Crippen LogP contribution in [0.15, 0.2) is 0 Å². The predicted molar refractivity (Wildman–Crippen MR) is 90.3 cm³/mol. The molecule has 0 radical (unpaired) electrons. The van der Waals surface area contributed by atoms with E-state index in [1.165, 1.54) is 90.4 Å². The van der Waals surface area contributed by atoms with Gasteiger partial charge in [-0.15, -0.1) is 0 Å². The van der Waals surface area contributed by atoms with E-state index in [2.05, 4.69) is 31.1 Å². The Kier molecular flexibility index (Phi) is 9.54. The molecule has 0 atom stereocenters. The molecule has 0 unspecified atom stereocenters. The molecule has 0 aromatic carbocycles. The van der Waals surface area contributed by atoms with Crippen LogP contribution in [0.1, 0.15) is 78.1 Å². The van der Waals surface area contributed by atoms with Crippen molar-refractivity contribution in [2.75, 3.05) is 33.2 Å². The quantitative estimate of drug-likeness (QED) is 0.563. The van der Waals surface area contributed by atoms with E-state index in [0.29, 0.717) is 5.41 Å². The van der Waals surface area contributed by atoms with Gasteiger partial charge in [-0.2, -0.15) is 0 Å². The molecule has 1 saturated heterocycles. The molecule has 2 nitrogen and oxygen atoms in total. The summed E-state index contributed by atoms with van der Waals surface area (Å²) in [6.45, 7) is 9.74. The van der Waals surface area contributed by atoms with Gasteiger partial charge in [-0.05, 0) is 51.4 Å². The highest BCUT2D eigenvalue weighted by molar-refractivity contribution is 4.83. The molecule has 0 amide bonds. The van der Waals surface area contributed by atoms with Gasteiger partial charge in [0.25, 0.3) is 0 Å². The van der Waals surface area contributed by atoms with Crippen LogP contribution in [-0.2, 0) is 0 Å². The Morgan fingerprint density at radius 3 is 2.05 bits per heavy atom. The molecule has 1 aliphatic heterocycles. The van der Waals surface area contributed by atoms with Crippen molar-refractivity contribution < 1.29 is 0 Å².